The average Bonchev–Trinajstić information content (AvgIpc) is 2.38. The van der Waals surface area contributed by atoms with Gasteiger partial charge >= 0.3 is 0 Å². The van der Waals surface area contributed by atoms with Crippen molar-refractivity contribution in [1.82, 2.24) is 10.3 Å². The lowest BCUT2D eigenvalue weighted by Crippen LogP contribution is -2.20. The fourth-order valence-corrected chi connectivity index (χ4v) is 1.80. The van der Waals surface area contributed by atoms with Gasteiger partial charge in [0.05, 0.1) is 0 Å². The van der Waals surface area contributed by atoms with E-state index in [-0.39, 0.29) is 5.56 Å². The minimum absolute atomic E-state index is 0.0194. The Morgan fingerprint density at radius 3 is 2.44 bits per heavy atom. The van der Waals surface area contributed by atoms with Gasteiger partial charge in [-0.1, -0.05) is 42.8 Å². The minimum atomic E-state index is -0.0194. The number of H-pyrrole nitrogens is 1. The molecule has 2 aromatic rings. The van der Waals surface area contributed by atoms with Gasteiger partial charge in [0, 0.05) is 17.8 Å². The minimum Gasteiger partial charge on any atom is -0.322 e. The monoisotopic (exact) mass is 242 g/mol. The highest BCUT2D eigenvalue weighted by molar-refractivity contribution is 5.59. The van der Waals surface area contributed by atoms with Gasteiger partial charge in [-0.05, 0) is 25.1 Å². The predicted octanol–water partition coefficient (Wildman–Crippen LogP) is 2.46. The van der Waals surface area contributed by atoms with Crippen molar-refractivity contribution in [1.29, 1.82) is 0 Å². The van der Waals surface area contributed by atoms with Crippen molar-refractivity contribution in [2.24, 2.45) is 0 Å². The summed E-state index contributed by atoms with van der Waals surface area (Å²) >= 11 is 0. The van der Waals surface area contributed by atoms with Crippen molar-refractivity contribution in [3.63, 3.8) is 0 Å². The molecule has 2 N–H and O–H groups in total. The Morgan fingerprint density at radius 1 is 1.11 bits per heavy atom. The van der Waals surface area contributed by atoms with E-state index in [4.69, 9.17) is 0 Å². The van der Waals surface area contributed by atoms with Crippen molar-refractivity contribution in [2.75, 3.05) is 6.54 Å². The van der Waals surface area contributed by atoms with Crippen LogP contribution in [0.15, 0.2) is 41.2 Å². The van der Waals surface area contributed by atoms with Crippen LogP contribution in [0, 0.1) is 6.92 Å². The van der Waals surface area contributed by atoms with E-state index >= 15 is 0 Å². The van der Waals surface area contributed by atoms with Crippen LogP contribution in [0.5, 0.6) is 0 Å². The third-order valence-electron chi connectivity index (χ3n) is 2.92. The molecule has 1 aromatic heterocycles. The zero-order valence-corrected chi connectivity index (χ0v) is 10.8. The molecular formula is C15H18N2O. The van der Waals surface area contributed by atoms with Crippen LogP contribution in [0.25, 0.3) is 11.3 Å². The SMILES string of the molecule is CCNCc1ccc(-c2ccc(C)cc2)[nH]c1=O. The van der Waals surface area contributed by atoms with Gasteiger partial charge in [0.2, 0.25) is 0 Å². The summed E-state index contributed by atoms with van der Waals surface area (Å²) in [5, 5.41) is 3.15. The number of aryl methyl sites for hydroxylation is 1. The molecule has 1 aromatic carbocycles. The van der Waals surface area contributed by atoms with Crippen molar-refractivity contribution in [2.45, 2.75) is 20.4 Å². The lowest BCUT2D eigenvalue weighted by Gasteiger charge is -2.05. The Labute approximate surface area is 107 Å². The highest BCUT2D eigenvalue weighted by Crippen LogP contribution is 2.16. The summed E-state index contributed by atoms with van der Waals surface area (Å²) in [5.41, 5.74) is 3.86. The zero-order chi connectivity index (χ0) is 13.0. The second-order valence-corrected chi connectivity index (χ2v) is 4.37. The lowest BCUT2D eigenvalue weighted by molar-refractivity contribution is 0.720. The van der Waals surface area contributed by atoms with Gasteiger partial charge in [0.15, 0.2) is 0 Å². The number of rotatable bonds is 4. The maximum absolute atomic E-state index is 11.9. The van der Waals surface area contributed by atoms with Gasteiger partial charge in [0.1, 0.15) is 0 Å². The summed E-state index contributed by atoms with van der Waals surface area (Å²) in [6.45, 7) is 5.54. The summed E-state index contributed by atoms with van der Waals surface area (Å²) in [5.74, 6) is 0. The molecule has 0 aliphatic carbocycles. The van der Waals surface area contributed by atoms with Gasteiger partial charge in [-0.15, -0.1) is 0 Å². The quantitative estimate of drug-likeness (QED) is 0.865. The van der Waals surface area contributed by atoms with Crippen LogP contribution in [-0.4, -0.2) is 11.5 Å². The first-order chi connectivity index (χ1) is 8.70. The van der Waals surface area contributed by atoms with Crippen molar-refractivity contribution < 1.29 is 0 Å². The number of benzene rings is 1. The van der Waals surface area contributed by atoms with E-state index in [1.807, 2.05) is 50.2 Å². The molecule has 18 heavy (non-hydrogen) atoms. The lowest BCUT2D eigenvalue weighted by atomic mass is 10.1. The zero-order valence-electron chi connectivity index (χ0n) is 10.8. The second-order valence-electron chi connectivity index (χ2n) is 4.37. The normalized spacial score (nSPS) is 10.6. The van der Waals surface area contributed by atoms with Crippen LogP contribution in [0.2, 0.25) is 0 Å². The van der Waals surface area contributed by atoms with E-state index in [0.29, 0.717) is 6.54 Å². The Hall–Kier alpha value is -1.87. The molecule has 0 saturated carbocycles. The molecule has 3 nitrogen and oxygen atoms in total. The summed E-state index contributed by atoms with van der Waals surface area (Å²) in [7, 11) is 0. The Balaban J connectivity index is 2.28. The topological polar surface area (TPSA) is 44.9 Å². The smallest absolute Gasteiger partial charge is 0.252 e. The fourth-order valence-electron chi connectivity index (χ4n) is 1.80. The molecular weight excluding hydrogens is 224 g/mol. The van der Waals surface area contributed by atoms with Crippen molar-refractivity contribution >= 4 is 0 Å². The van der Waals surface area contributed by atoms with Crippen LogP contribution in [0.4, 0.5) is 0 Å². The largest absolute Gasteiger partial charge is 0.322 e. The molecule has 0 spiro atoms. The molecule has 0 fully saturated rings. The first-order valence-corrected chi connectivity index (χ1v) is 6.20. The highest BCUT2D eigenvalue weighted by atomic mass is 16.1. The van der Waals surface area contributed by atoms with E-state index in [1.54, 1.807) is 0 Å². The van der Waals surface area contributed by atoms with E-state index in [2.05, 4.69) is 10.3 Å². The van der Waals surface area contributed by atoms with E-state index in [1.165, 1.54) is 5.56 Å². The number of aromatic nitrogens is 1. The molecule has 0 unspecified atom stereocenters. The first kappa shape index (κ1) is 12.6. The number of hydrogen-bond donors (Lipinski definition) is 2. The highest BCUT2D eigenvalue weighted by Gasteiger charge is 2.02. The molecule has 0 amide bonds. The maximum atomic E-state index is 11.9. The summed E-state index contributed by atoms with van der Waals surface area (Å²) in [4.78, 5) is 14.8. The van der Waals surface area contributed by atoms with Gasteiger partial charge in [-0.25, -0.2) is 0 Å². The Morgan fingerprint density at radius 2 is 1.83 bits per heavy atom. The van der Waals surface area contributed by atoms with Gasteiger partial charge in [-0.3, -0.25) is 4.79 Å². The summed E-state index contributed by atoms with van der Waals surface area (Å²) in [6.07, 6.45) is 0. The number of aromatic amines is 1. The summed E-state index contributed by atoms with van der Waals surface area (Å²) < 4.78 is 0. The maximum Gasteiger partial charge on any atom is 0.252 e. The summed E-state index contributed by atoms with van der Waals surface area (Å²) in [6, 6.07) is 12.0. The van der Waals surface area contributed by atoms with Crippen LogP contribution in [0.1, 0.15) is 18.1 Å². The van der Waals surface area contributed by atoms with E-state index in [0.717, 1.165) is 23.4 Å². The first-order valence-electron chi connectivity index (χ1n) is 6.20. The molecule has 1 heterocycles. The predicted molar refractivity (Wildman–Crippen MR) is 74.6 cm³/mol. The third-order valence-corrected chi connectivity index (χ3v) is 2.92. The molecule has 3 heteroatoms. The van der Waals surface area contributed by atoms with Crippen LogP contribution in [-0.2, 0) is 6.54 Å². The van der Waals surface area contributed by atoms with Crippen LogP contribution >= 0.6 is 0 Å². The van der Waals surface area contributed by atoms with Gasteiger partial charge < -0.3 is 10.3 Å². The molecule has 0 radical (unpaired) electrons. The molecule has 0 aliphatic heterocycles. The van der Waals surface area contributed by atoms with E-state index in [9.17, 15) is 4.79 Å². The fraction of sp³-hybridized carbons (Fsp3) is 0.267. The second kappa shape index (κ2) is 5.65. The van der Waals surface area contributed by atoms with Crippen LogP contribution < -0.4 is 10.9 Å². The molecule has 0 aliphatic rings. The number of hydrogen-bond acceptors (Lipinski definition) is 2. The van der Waals surface area contributed by atoms with Crippen molar-refractivity contribution in [3.05, 3.63) is 57.9 Å². The Kier molecular flexibility index (Phi) is 3.95. The van der Waals surface area contributed by atoms with Gasteiger partial charge in [-0.2, -0.15) is 0 Å². The Bertz CT molecular complexity index is 570. The van der Waals surface area contributed by atoms with Gasteiger partial charge in [0.25, 0.3) is 5.56 Å². The third kappa shape index (κ3) is 2.87. The standard InChI is InChI=1S/C15H18N2O/c1-3-16-10-13-8-9-14(17-15(13)18)12-6-4-11(2)5-7-12/h4-9,16H,3,10H2,1-2H3,(H,17,18). The molecule has 0 saturated heterocycles. The molecule has 0 atom stereocenters. The van der Waals surface area contributed by atoms with Crippen LogP contribution in [0.3, 0.4) is 0 Å². The molecule has 94 valence electrons. The van der Waals surface area contributed by atoms with Crippen molar-refractivity contribution in [3.8, 4) is 11.3 Å². The molecule has 2 rings (SSSR count). The average molecular weight is 242 g/mol. The number of pyridine rings is 1. The van der Waals surface area contributed by atoms with E-state index < -0.39 is 0 Å². The number of nitrogens with one attached hydrogen (secondary N) is 2. The molecule has 0 bridgehead atoms.